The summed E-state index contributed by atoms with van der Waals surface area (Å²) in [5, 5.41) is 9.41. The third-order valence-electron chi connectivity index (χ3n) is 1.63. The van der Waals surface area contributed by atoms with Crippen LogP contribution in [-0.2, 0) is 9.47 Å². The predicted octanol–water partition coefficient (Wildman–Crippen LogP) is 0.566. The van der Waals surface area contributed by atoms with Gasteiger partial charge in [0.25, 0.3) is 0 Å². The zero-order chi connectivity index (χ0) is 8.27. The molecule has 2 unspecified atom stereocenters. The molecule has 5 heteroatoms. The lowest BCUT2D eigenvalue weighted by Gasteiger charge is -2.32. The molecule has 1 rings (SSSR count). The molecule has 3 nitrogen and oxygen atoms in total. The summed E-state index contributed by atoms with van der Waals surface area (Å²) in [4.78, 5) is 0. The van der Waals surface area contributed by atoms with Crippen molar-refractivity contribution in [2.75, 3.05) is 18.6 Å². The second-order valence-electron chi connectivity index (χ2n) is 2.33. The molecule has 0 saturated carbocycles. The second-order valence-corrected chi connectivity index (χ2v) is 2.94. The molecule has 0 aromatic carbocycles. The van der Waals surface area contributed by atoms with Crippen LogP contribution < -0.4 is 0 Å². The van der Waals surface area contributed by atoms with Crippen molar-refractivity contribution in [2.24, 2.45) is 0 Å². The standard InChI is InChI=1S/C6H10Cl2O3/c7-1-4-6(9)5(2-8)11-3-10-4/h4-6,9H,1-3H2. The number of alkyl halides is 2. The molecule has 2 atom stereocenters. The zero-order valence-electron chi connectivity index (χ0n) is 5.87. The van der Waals surface area contributed by atoms with E-state index >= 15 is 0 Å². The van der Waals surface area contributed by atoms with E-state index in [1.54, 1.807) is 0 Å². The van der Waals surface area contributed by atoms with Gasteiger partial charge in [0.05, 0.1) is 11.8 Å². The molecule has 0 bridgehead atoms. The molecular formula is C6H10Cl2O3. The van der Waals surface area contributed by atoms with Crippen LogP contribution in [-0.4, -0.2) is 42.0 Å². The number of ether oxygens (including phenoxy) is 2. The Morgan fingerprint density at radius 2 is 1.64 bits per heavy atom. The van der Waals surface area contributed by atoms with Gasteiger partial charge in [-0.3, -0.25) is 0 Å². The molecule has 1 aliphatic heterocycles. The number of rotatable bonds is 2. The lowest BCUT2D eigenvalue weighted by atomic mass is 10.1. The normalized spacial score (nSPS) is 39.0. The van der Waals surface area contributed by atoms with E-state index in [1.807, 2.05) is 0 Å². The van der Waals surface area contributed by atoms with E-state index in [0.29, 0.717) is 0 Å². The Labute approximate surface area is 75.2 Å². The maximum Gasteiger partial charge on any atom is 0.147 e. The van der Waals surface area contributed by atoms with Gasteiger partial charge in [0.1, 0.15) is 25.1 Å². The Morgan fingerprint density at radius 1 is 1.18 bits per heavy atom. The van der Waals surface area contributed by atoms with E-state index in [1.165, 1.54) is 0 Å². The smallest absolute Gasteiger partial charge is 0.147 e. The molecule has 1 aliphatic rings. The third-order valence-corrected chi connectivity index (χ3v) is 2.24. The summed E-state index contributed by atoms with van der Waals surface area (Å²) in [6.45, 7) is 0.159. The fourth-order valence-corrected chi connectivity index (χ4v) is 1.47. The van der Waals surface area contributed by atoms with E-state index < -0.39 is 6.10 Å². The SMILES string of the molecule is OC1C(CCl)OCOC1CCl. The van der Waals surface area contributed by atoms with Crippen LogP contribution >= 0.6 is 23.2 Å². The van der Waals surface area contributed by atoms with Gasteiger partial charge in [0.15, 0.2) is 0 Å². The molecule has 0 radical (unpaired) electrons. The highest BCUT2D eigenvalue weighted by molar-refractivity contribution is 6.18. The largest absolute Gasteiger partial charge is 0.388 e. The average molecular weight is 201 g/mol. The van der Waals surface area contributed by atoms with E-state index in [4.69, 9.17) is 32.7 Å². The van der Waals surface area contributed by atoms with Crippen LogP contribution in [0.15, 0.2) is 0 Å². The highest BCUT2D eigenvalue weighted by Crippen LogP contribution is 2.16. The van der Waals surface area contributed by atoms with Crippen LogP contribution in [0.4, 0.5) is 0 Å². The highest BCUT2D eigenvalue weighted by Gasteiger charge is 2.32. The molecule has 0 aromatic heterocycles. The fourth-order valence-electron chi connectivity index (χ4n) is 0.922. The van der Waals surface area contributed by atoms with Crippen molar-refractivity contribution >= 4 is 23.2 Å². The van der Waals surface area contributed by atoms with Crippen molar-refractivity contribution in [3.8, 4) is 0 Å². The number of hydrogen-bond acceptors (Lipinski definition) is 3. The minimum atomic E-state index is -0.709. The quantitative estimate of drug-likeness (QED) is 0.663. The van der Waals surface area contributed by atoms with E-state index in [-0.39, 0.29) is 30.8 Å². The first kappa shape index (κ1) is 9.55. The van der Waals surface area contributed by atoms with Crippen LogP contribution in [0.3, 0.4) is 0 Å². The lowest BCUT2D eigenvalue weighted by molar-refractivity contribution is -0.217. The Bertz CT molecular complexity index is 110. The maximum absolute atomic E-state index is 9.41. The Kier molecular flexibility index (Phi) is 3.89. The summed E-state index contributed by atoms with van der Waals surface area (Å²) in [5.41, 5.74) is 0. The van der Waals surface area contributed by atoms with Gasteiger partial charge in [-0.05, 0) is 0 Å². The first-order valence-electron chi connectivity index (χ1n) is 3.32. The van der Waals surface area contributed by atoms with Crippen LogP contribution in [0.2, 0.25) is 0 Å². The van der Waals surface area contributed by atoms with Crippen molar-refractivity contribution in [3.05, 3.63) is 0 Å². The van der Waals surface area contributed by atoms with Crippen LogP contribution in [0.25, 0.3) is 0 Å². The first-order chi connectivity index (χ1) is 5.29. The summed E-state index contributed by atoms with van der Waals surface area (Å²) < 4.78 is 10.0. The van der Waals surface area contributed by atoms with Gasteiger partial charge >= 0.3 is 0 Å². The topological polar surface area (TPSA) is 38.7 Å². The Balaban J connectivity index is 2.45. The molecule has 0 spiro atoms. The minimum Gasteiger partial charge on any atom is -0.388 e. The van der Waals surface area contributed by atoms with Crippen LogP contribution in [0.1, 0.15) is 0 Å². The average Bonchev–Trinajstić information content (AvgIpc) is 2.05. The number of aliphatic hydroxyl groups is 1. The molecule has 66 valence electrons. The molecule has 1 N–H and O–H groups in total. The van der Waals surface area contributed by atoms with Gasteiger partial charge in [0.2, 0.25) is 0 Å². The van der Waals surface area contributed by atoms with Crippen molar-refractivity contribution in [2.45, 2.75) is 18.3 Å². The molecule has 0 aliphatic carbocycles. The molecule has 11 heavy (non-hydrogen) atoms. The second kappa shape index (κ2) is 4.48. The van der Waals surface area contributed by atoms with Crippen LogP contribution in [0, 0.1) is 0 Å². The van der Waals surface area contributed by atoms with Gasteiger partial charge in [-0.1, -0.05) is 0 Å². The Morgan fingerprint density at radius 3 is 2.00 bits per heavy atom. The summed E-state index contributed by atoms with van der Waals surface area (Å²) in [7, 11) is 0. The summed E-state index contributed by atoms with van der Waals surface area (Å²) in [6.07, 6.45) is -1.41. The van der Waals surface area contributed by atoms with E-state index in [2.05, 4.69) is 0 Å². The first-order valence-corrected chi connectivity index (χ1v) is 4.39. The molecular weight excluding hydrogens is 191 g/mol. The van der Waals surface area contributed by atoms with Crippen molar-refractivity contribution < 1.29 is 14.6 Å². The molecule has 1 heterocycles. The van der Waals surface area contributed by atoms with E-state index in [9.17, 15) is 5.11 Å². The van der Waals surface area contributed by atoms with Gasteiger partial charge in [-0.25, -0.2) is 0 Å². The molecule has 0 aromatic rings. The summed E-state index contributed by atoms with van der Waals surface area (Å²) in [6, 6.07) is 0. The minimum absolute atomic E-state index is 0.159. The number of aliphatic hydroxyl groups excluding tert-OH is 1. The van der Waals surface area contributed by atoms with Crippen molar-refractivity contribution in [1.82, 2.24) is 0 Å². The highest BCUT2D eigenvalue weighted by atomic mass is 35.5. The third kappa shape index (κ3) is 2.20. The van der Waals surface area contributed by atoms with Gasteiger partial charge in [-0.2, -0.15) is 0 Å². The van der Waals surface area contributed by atoms with Crippen molar-refractivity contribution in [3.63, 3.8) is 0 Å². The Hall–Kier alpha value is 0.460. The zero-order valence-corrected chi connectivity index (χ0v) is 7.38. The van der Waals surface area contributed by atoms with Gasteiger partial charge in [0, 0.05) is 0 Å². The molecule has 0 amide bonds. The molecule has 1 fully saturated rings. The monoisotopic (exact) mass is 200 g/mol. The fraction of sp³-hybridized carbons (Fsp3) is 1.00. The van der Waals surface area contributed by atoms with E-state index in [0.717, 1.165) is 0 Å². The van der Waals surface area contributed by atoms with Gasteiger partial charge in [-0.15, -0.1) is 23.2 Å². The summed E-state index contributed by atoms with van der Waals surface area (Å²) >= 11 is 11.0. The van der Waals surface area contributed by atoms with Gasteiger partial charge < -0.3 is 14.6 Å². The van der Waals surface area contributed by atoms with Crippen LogP contribution in [0.5, 0.6) is 0 Å². The number of halogens is 2. The molecule has 1 saturated heterocycles. The predicted molar refractivity (Wildman–Crippen MR) is 42.1 cm³/mol. The van der Waals surface area contributed by atoms with Crippen molar-refractivity contribution in [1.29, 1.82) is 0 Å². The lowest BCUT2D eigenvalue weighted by Crippen LogP contribution is -2.47. The summed E-state index contributed by atoms with van der Waals surface area (Å²) in [5.74, 6) is 0.524. The maximum atomic E-state index is 9.41. The number of hydrogen-bond donors (Lipinski definition) is 1.